The first-order valence-electron chi connectivity index (χ1n) is 6.22. The van der Waals surface area contributed by atoms with Crippen molar-refractivity contribution in [2.24, 2.45) is 7.05 Å². The maximum absolute atomic E-state index is 8.99. The normalized spacial score (nSPS) is 11.4. The highest BCUT2D eigenvalue weighted by Gasteiger charge is 2.13. The van der Waals surface area contributed by atoms with Gasteiger partial charge >= 0.3 is 0 Å². The smallest absolute Gasteiger partial charge is 0.0515 e. The molecule has 1 N–H and O–H groups in total. The number of aryl methyl sites for hydroxylation is 4. The SMILES string of the molecule is Cc1ccc2c(CCCO)c(C)n(C)c2c1C. The van der Waals surface area contributed by atoms with E-state index in [1.165, 1.54) is 33.3 Å². The molecule has 0 aliphatic rings. The highest BCUT2D eigenvalue weighted by Crippen LogP contribution is 2.29. The number of fused-ring (bicyclic) bond motifs is 1. The van der Waals surface area contributed by atoms with E-state index < -0.39 is 0 Å². The van der Waals surface area contributed by atoms with Gasteiger partial charge in [-0.15, -0.1) is 0 Å². The van der Waals surface area contributed by atoms with Crippen LogP contribution in [0.15, 0.2) is 12.1 Å². The summed E-state index contributed by atoms with van der Waals surface area (Å²) in [6.45, 7) is 6.78. The van der Waals surface area contributed by atoms with Crippen LogP contribution in [0.2, 0.25) is 0 Å². The molecular weight excluding hydrogens is 210 g/mol. The van der Waals surface area contributed by atoms with Crippen molar-refractivity contribution in [1.82, 2.24) is 4.57 Å². The van der Waals surface area contributed by atoms with Gasteiger partial charge in [0.2, 0.25) is 0 Å². The van der Waals surface area contributed by atoms with Gasteiger partial charge in [-0.05, 0) is 50.3 Å². The zero-order chi connectivity index (χ0) is 12.6. The standard InChI is InChI=1S/C15H21NO/c1-10-7-8-14-13(6-5-9-17)12(3)16(4)15(14)11(10)2/h7-8,17H,5-6,9H2,1-4H3. The lowest BCUT2D eigenvalue weighted by molar-refractivity contribution is 0.288. The van der Waals surface area contributed by atoms with Gasteiger partial charge in [-0.25, -0.2) is 0 Å². The van der Waals surface area contributed by atoms with Gasteiger partial charge in [-0.1, -0.05) is 12.1 Å². The molecular formula is C15H21NO. The van der Waals surface area contributed by atoms with Gasteiger partial charge in [0.15, 0.2) is 0 Å². The van der Waals surface area contributed by atoms with Crippen LogP contribution in [0.1, 0.15) is 28.8 Å². The third-order valence-electron chi connectivity index (χ3n) is 3.89. The molecule has 1 aromatic carbocycles. The molecule has 0 amide bonds. The minimum absolute atomic E-state index is 0.265. The molecule has 0 fully saturated rings. The van der Waals surface area contributed by atoms with Crippen LogP contribution >= 0.6 is 0 Å². The van der Waals surface area contributed by atoms with E-state index in [9.17, 15) is 0 Å². The summed E-state index contributed by atoms with van der Waals surface area (Å²) in [4.78, 5) is 0. The second-order valence-electron chi connectivity index (χ2n) is 4.85. The lowest BCUT2D eigenvalue weighted by Gasteiger charge is -2.05. The Labute approximate surface area is 103 Å². The van der Waals surface area contributed by atoms with Crippen LogP contribution < -0.4 is 0 Å². The van der Waals surface area contributed by atoms with Crippen LogP contribution in [0, 0.1) is 20.8 Å². The monoisotopic (exact) mass is 231 g/mol. The van der Waals surface area contributed by atoms with Crippen molar-refractivity contribution < 1.29 is 5.11 Å². The van der Waals surface area contributed by atoms with Crippen LogP contribution in [0.3, 0.4) is 0 Å². The fourth-order valence-electron chi connectivity index (χ4n) is 2.61. The summed E-state index contributed by atoms with van der Waals surface area (Å²) in [6, 6.07) is 4.41. The van der Waals surface area contributed by atoms with Crippen LogP contribution in [0.5, 0.6) is 0 Å². The minimum atomic E-state index is 0.265. The zero-order valence-electron chi connectivity index (χ0n) is 11.2. The number of nitrogens with zero attached hydrogens (tertiary/aromatic N) is 1. The average molecular weight is 231 g/mol. The van der Waals surface area contributed by atoms with Gasteiger partial charge in [0.25, 0.3) is 0 Å². The summed E-state index contributed by atoms with van der Waals surface area (Å²) in [5.74, 6) is 0. The van der Waals surface area contributed by atoms with E-state index in [2.05, 4.69) is 44.5 Å². The summed E-state index contributed by atoms with van der Waals surface area (Å²) >= 11 is 0. The van der Waals surface area contributed by atoms with Crippen molar-refractivity contribution in [3.05, 3.63) is 34.5 Å². The maximum atomic E-state index is 8.99. The first-order chi connectivity index (χ1) is 8.07. The van der Waals surface area contributed by atoms with E-state index >= 15 is 0 Å². The molecule has 0 bridgehead atoms. The lowest BCUT2D eigenvalue weighted by Crippen LogP contribution is -1.95. The molecule has 0 saturated heterocycles. The van der Waals surface area contributed by atoms with Gasteiger partial charge < -0.3 is 9.67 Å². The fraction of sp³-hybridized carbons (Fsp3) is 0.467. The molecule has 17 heavy (non-hydrogen) atoms. The van der Waals surface area contributed by atoms with Gasteiger partial charge in [0, 0.05) is 24.7 Å². The second kappa shape index (κ2) is 4.53. The van der Waals surface area contributed by atoms with Crippen molar-refractivity contribution in [1.29, 1.82) is 0 Å². The molecule has 0 aliphatic carbocycles. The fourth-order valence-corrected chi connectivity index (χ4v) is 2.61. The summed E-state index contributed by atoms with van der Waals surface area (Å²) in [5, 5.41) is 10.3. The van der Waals surface area contributed by atoms with Crippen LogP contribution in [-0.4, -0.2) is 16.3 Å². The van der Waals surface area contributed by atoms with E-state index in [4.69, 9.17) is 5.11 Å². The number of rotatable bonds is 3. The molecule has 0 saturated carbocycles. The predicted molar refractivity (Wildman–Crippen MR) is 72.5 cm³/mol. The van der Waals surface area contributed by atoms with Crippen molar-refractivity contribution >= 4 is 10.9 Å². The van der Waals surface area contributed by atoms with Gasteiger partial charge in [-0.3, -0.25) is 0 Å². The topological polar surface area (TPSA) is 25.2 Å². The highest BCUT2D eigenvalue weighted by molar-refractivity contribution is 5.89. The van der Waals surface area contributed by atoms with E-state index in [0.717, 1.165) is 12.8 Å². The van der Waals surface area contributed by atoms with E-state index in [0.29, 0.717) is 0 Å². The van der Waals surface area contributed by atoms with E-state index in [-0.39, 0.29) is 6.61 Å². The molecule has 0 unspecified atom stereocenters. The zero-order valence-corrected chi connectivity index (χ0v) is 11.2. The Kier molecular flexibility index (Phi) is 3.25. The molecule has 0 radical (unpaired) electrons. The van der Waals surface area contributed by atoms with Crippen LogP contribution in [0.4, 0.5) is 0 Å². The Bertz CT molecular complexity index is 552. The van der Waals surface area contributed by atoms with Gasteiger partial charge in [0.1, 0.15) is 0 Å². The lowest BCUT2D eigenvalue weighted by atomic mass is 10.0. The van der Waals surface area contributed by atoms with E-state index in [1.54, 1.807) is 0 Å². The highest BCUT2D eigenvalue weighted by atomic mass is 16.2. The predicted octanol–water partition coefficient (Wildman–Crippen LogP) is 3.03. The Morgan fingerprint density at radius 2 is 1.88 bits per heavy atom. The number of aliphatic hydroxyl groups excluding tert-OH is 1. The molecule has 2 aromatic rings. The maximum Gasteiger partial charge on any atom is 0.0515 e. The van der Waals surface area contributed by atoms with Crippen LogP contribution in [-0.2, 0) is 13.5 Å². The average Bonchev–Trinajstić information content (AvgIpc) is 2.55. The number of benzene rings is 1. The Morgan fingerprint density at radius 1 is 1.18 bits per heavy atom. The molecule has 1 heterocycles. The van der Waals surface area contributed by atoms with Crippen molar-refractivity contribution in [2.75, 3.05) is 6.61 Å². The summed E-state index contributed by atoms with van der Waals surface area (Å²) < 4.78 is 2.28. The van der Waals surface area contributed by atoms with Crippen LogP contribution in [0.25, 0.3) is 10.9 Å². The number of hydrogen-bond donors (Lipinski definition) is 1. The molecule has 2 nitrogen and oxygen atoms in total. The molecule has 0 spiro atoms. The van der Waals surface area contributed by atoms with Gasteiger partial charge in [0.05, 0.1) is 5.52 Å². The molecule has 2 rings (SSSR count). The Morgan fingerprint density at radius 3 is 2.53 bits per heavy atom. The van der Waals surface area contributed by atoms with Gasteiger partial charge in [-0.2, -0.15) is 0 Å². The largest absolute Gasteiger partial charge is 0.396 e. The van der Waals surface area contributed by atoms with Crippen molar-refractivity contribution in [3.8, 4) is 0 Å². The van der Waals surface area contributed by atoms with Crippen molar-refractivity contribution in [3.63, 3.8) is 0 Å². The molecule has 0 aliphatic heterocycles. The number of aliphatic hydroxyl groups is 1. The third kappa shape index (κ3) is 1.87. The molecule has 1 aromatic heterocycles. The minimum Gasteiger partial charge on any atom is -0.396 e. The number of hydrogen-bond acceptors (Lipinski definition) is 1. The first kappa shape index (κ1) is 12.2. The second-order valence-corrected chi connectivity index (χ2v) is 4.85. The number of aromatic nitrogens is 1. The van der Waals surface area contributed by atoms with Crippen molar-refractivity contribution in [2.45, 2.75) is 33.6 Å². The molecule has 0 atom stereocenters. The first-order valence-corrected chi connectivity index (χ1v) is 6.22. The Balaban J connectivity index is 2.69. The summed E-state index contributed by atoms with van der Waals surface area (Å²) in [7, 11) is 2.13. The van der Waals surface area contributed by atoms with E-state index in [1.807, 2.05) is 0 Å². The summed E-state index contributed by atoms with van der Waals surface area (Å²) in [5.41, 5.74) is 6.76. The molecule has 92 valence electrons. The Hall–Kier alpha value is -1.28. The summed E-state index contributed by atoms with van der Waals surface area (Å²) in [6.07, 6.45) is 1.80. The molecule has 2 heteroatoms. The third-order valence-corrected chi connectivity index (χ3v) is 3.89. The quantitative estimate of drug-likeness (QED) is 0.863.